The third kappa shape index (κ3) is 4.72. The van der Waals surface area contributed by atoms with Gasteiger partial charge >= 0.3 is 11.7 Å². The van der Waals surface area contributed by atoms with Gasteiger partial charge < -0.3 is 19.6 Å². The number of carboxylic acid groups (broad SMARTS) is 1. The molecule has 0 bridgehead atoms. The summed E-state index contributed by atoms with van der Waals surface area (Å²) in [4.78, 5) is 49.0. The molecule has 1 aromatic rings. The first-order chi connectivity index (χ1) is 12.7. The van der Waals surface area contributed by atoms with E-state index >= 15 is 0 Å². The Morgan fingerprint density at radius 3 is 2.70 bits per heavy atom. The minimum absolute atomic E-state index is 0.0308. The Balaban J connectivity index is 2.07. The fourth-order valence-electron chi connectivity index (χ4n) is 2.97. The van der Waals surface area contributed by atoms with Gasteiger partial charge in [0, 0.05) is 31.8 Å². The molecule has 1 atom stereocenters. The molecule has 0 aromatic heterocycles. The van der Waals surface area contributed by atoms with Gasteiger partial charge in [-0.25, -0.2) is 0 Å². The van der Waals surface area contributed by atoms with Gasteiger partial charge in [0.05, 0.1) is 24.5 Å². The van der Waals surface area contributed by atoms with Gasteiger partial charge in [-0.15, -0.1) is 0 Å². The molecule has 10 nitrogen and oxygen atoms in total. The number of amides is 2. The molecule has 146 valence electrons. The molecule has 27 heavy (non-hydrogen) atoms. The van der Waals surface area contributed by atoms with Crippen LogP contribution in [0.1, 0.15) is 23.2 Å². The van der Waals surface area contributed by atoms with Crippen LogP contribution in [0.2, 0.25) is 0 Å². The van der Waals surface area contributed by atoms with E-state index in [1.54, 1.807) is 0 Å². The first-order valence-electron chi connectivity index (χ1n) is 8.33. The number of carbonyl (C=O) groups excluding carboxylic acids is 2. The summed E-state index contributed by atoms with van der Waals surface area (Å²) in [6.45, 7) is 0.313. The van der Waals surface area contributed by atoms with Crippen LogP contribution in [0, 0.1) is 16.0 Å². The number of likely N-dealkylation sites (N-methyl/N-ethyl adjacent to an activating group) is 1. The average Bonchev–Trinajstić information content (AvgIpc) is 2.66. The normalized spacial score (nSPS) is 16.5. The van der Waals surface area contributed by atoms with E-state index in [1.807, 2.05) is 0 Å². The van der Waals surface area contributed by atoms with Crippen molar-refractivity contribution in [3.8, 4) is 5.75 Å². The molecule has 1 aromatic carbocycles. The maximum atomic E-state index is 12.5. The molecule has 0 spiro atoms. The summed E-state index contributed by atoms with van der Waals surface area (Å²) < 4.78 is 4.90. The Labute approximate surface area is 155 Å². The molecule has 1 unspecified atom stereocenters. The second kappa shape index (κ2) is 8.47. The third-order valence-corrected chi connectivity index (χ3v) is 4.46. The molecule has 1 aliphatic heterocycles. The van der Waals surface area contributed by atoms with Crippen molar-refractivity contribution in [1.82, 2.24) is 9.80 Å². The minimum atomic E-state index is -0.942. The summed E-state index contributed by atoms with van der Waals surface area (Å²) in [7, 11) is 2.70. The van der Waals surface area contributed by atoms with Gasteiger partial charge in [-0.2, -0.15) is 0 Å². The van der Waals surface area contributed by atoms with Crippen molar-refractivity contribution in [2.75, 3.05) is 33.8 Å². The van der Waals surface area contributed by atoms with Gasteiger partial charge in [0.1, 0.15) is 0 Å². The van der Waals surface area contributed by atoms with Crippen LogP contribution in [0.15, 0.2) is 18.2 Å². The van der Waals surface area contributed by atoms with Crippen molar-refractivity contribution in [3.05, 3.63) is 33.9 Å². The summed E-state index contributed by atoms with van der Waals surface area (Å²) in [6.07, 6.45) is 1.11. The zero-order chi connectivity index (χ0) is 20.1. The van der Waals surface area contributed by atoms with Gasteiger partial charge in [-0.3, -0.25) is 24.5 Å². The van der Waals surface area contributed by atoms with E-state index in [9.17, 15) is 24.5 Å². The number of nitrogens with zero attached hydrogens (tertiary/aromatic N) is 3. The Morgan fingerprint density at radius 1 is 1.41 bits per heavy atom. The number of piperidine rings is 1. The second-order valence-corrected chi connectivity index (χ2v) is 6.32. The molecule has 1 fully saturated rings. The SMILES string of the molecule is COc1ccc(C(=O)N(C)CC(=O)N2CCCC(C(=O)O)C2)cc1[N+](=O)[O-]. The number of hydrogen-bond donors (Lipinski definition) is 1. The van der Waals surface area contributed by atoms with Crippen LogP contribution in [0.3, 0.4) is 0 Å². The van der Waals surface area contributed by atoms with Crippen molar-refractivity contribution >= 4 is 23.5 Å². The molecule has 1 heterocycles. The van der Waals surface area contributed by atoms with E-state index in [0.717, 1.165) is 11.0 Å². The highest BCUT2D eigenvalue weighted by molar-refractivity contribution is 5.97. The number of benzene rings is 1. The second-order valence-electron chi connectivity index (χ2n) is 6.32. The largest absolute Gasteiger partial charge is 0.490 e. The predicted octanol–water partition coefficient (Wildman–Crippen LogP) is 0.999. The standard InChI is InChI=1S/C17H21N3O7/c1-18(10-15(21)19-7-3-4-12(9-19)17(23)24)16(22)11-5-6-14(27-2)13(8-11)20(25)26/h5-6,8,12H,3-4,7,9-10H2,1-2H3,(H,23,24). The number of carbonyl (C=O) groups is 3. The number of likely N-dealkylation sites (tertiary alicyclic amines) is 1. The van der Waals surface area contributed by atoms with Crippen LogP contribution in [-0.4, -0.2) is 71.4 Å². The Morgan fingerprint density at radius 2 is 2.11 bits per heavy atom. The number of ether oxygens (including phenoxy) is 1. The topological polar surface area (TPSA) is 130 Å². The number of hydrogen-bond acceptors (Lipinski definition) is 6. The van der Waals surface area contributed by atoms with Gasteiger partial charge in [-0.1, -0.05) is 0 Å². The van der Waals surface area contributed by atoms with Gasteiger partial charge in [-0.05, 0) is 25.0 Å². The lowest BCUT2D eigenvalue weighted by Crippen LogP contribution is -2.46. The van der Waals surface area contributed by atoms with E-state index in [2.05, 4.69) is 0 Å². The van der Waals surface area contributed by atoms with Gasteiger partial charge in [0.25, 0.3) is 5.91 Å². The maximum absolute atomic E-state index is 12.5. The third-order valence-electron chi connectivity index (χ3n) is 4.46. The summed E-state index contributed by atoms with van der Waals surface area (Å²) in [5.74, 6) is -2.43. The van der Waals surface area contributed by atoms with Crippen LogP contribution < -0.4 is 4.74 Å². The maximum Gasteiger partial charge on any atom is 0.311 e. The van der Waals surface area contributed by atoms with Crippen molar-refractivity contribution < 1.29 is 29.2 Å². The first-order valence-corrected chi connectivity index (χ1v) is 8.33. The molecule has 2 rings (SSSR count). The molecular weight excluding hydrogens is 358 g/mol. The quantitative estimate of drug-likeness (QED) is 0.576. The molecule has 2 amide bonds. The highest BCUT2D eigenvalue weighted by Crippen LogP contribution is 2.28. The Hall–Kier alpha value is -3.17. The van der Waals surface area contributed by atoms with E-state index in [-0.39, 0.29) is 36.0 Å². The number of nitro groups is 1. The molecular formula is C17H21N3O7. The minimum Gasteiger partial charge on any atom is -0.490 e. The number of carboxylic acids is 1. The molecule has 1 aliphatic rings. The average molecular weight is 379 g/mol. The highest BCUT2D eigenvalue weighted by Gasteiger charge is 2.29. The van der Waals surface area contributed by atoms with E-state index < -0.39 is 22.7 Å². The molecule has 0 radical (unpaired) electrons. The number of methoxy groups -OCH3 is 1. The Bertz CT molecular complexity index is 765. The van der Waals surface area contributed by atoms with Crippen LogP contribution in [0.5, 0.6) is 5.75 Å². The predicted molar refractivity (Wildman–Crippen MR) is 93.5 cm³/mol. The van der Waals surface area contributed by atoms with E-state index in [1.165, 1.54) is 31.2 Å². The van der Waals surface area contributed by atoms with Gasteiger partial charge in [0.15, 0.2) is 5.75 Å². The number of nitro benzene ring substituents is 1. The lowest BCUT2D eigenvalue weighted by molar-refractivity contribution is -0.385. The van der Waals surface area contributed by atoms with Crippen molar-refractivity contribution in [2.45, 2.75) is 12.8 Å². The summed E-state index contributed by atoms with van der Waals surface area (Å²) in [6, 6.07) is 3.81. The van der Waals surface area contributed by atoms with Crippen LogP contribution in [0.25, 0.3) is 0 Å². The van der Waals surface area contributed by atoms with Crippen LogP contribution >= 0.6 is 0 Å². The number of aliphatic carboxylic acids is 1. The molecule has 1 saturated heterocycles. The first kappa shape index (κ1) is 20.1. The van der Waals surface area contributed by atoms with Gasteiger partial charge in [0.2, 0.25) is 5.91 Å². The lowest BCUT2D eigenvalue weighted by Gasteiger charge is -2.32. The molecule has 0 aliphatic carbocycles. The highest BCUT2D eigenvalue weighted by atomic mass is 16.6. The monoisotopic (exact) mass is 379 g/mol. The van der Waals surface area contributed by atoms with E-state index in [4.69, 9.17) is 9.84 Å². The van der Waals surface area contributed by atoms with Crippen molar-refractivity contribution in [3.63, 3.8) is 0 Å². The smallest absolute Gasteiger partial charge is 0.311 e. The van der Waals surface area contributed by atoms with E-state index in [0.29, 0.717) is 19.4 Å². The molecule has 1 N–H and O–H groups in total. The molecule has 10 heteroatoms. The van der Waals surface area contributed by atoms with Crippen LogP contribution in [0.4, 0.5) is 5.69 Å². The fraction of sp³-hybridized carbons (Fsp3) is 0.471. The zero-order valence-electron chi connectivity index (χ0n) is 15.1. The molecule has 0 saturated carbocycles. The fourth-order valence-corrected chi connectivity index (χ4v) is 2.97. The number of rotatable bonds is 6. The Kier molecular flexibility index (Phi) is 6.32. The van der Waals surface area contributed by atoms with Crippen LogP contribution in [-0.2, 0) is 9.59 Å². The zero-order valence-corrected chi connectivity index (χ0v) is 15.1. The summed E-state index contributed by atoms with van der Waals surface area (Å²) in [5.41, 5.74) is -0.289. The summed E-state index contributed by atoms with van der Waals surface area (Å²) >= 11 is 0. The lowest BCUT2D eigenvalue weighted by atomic mass is 9.98. The summed E-state index contributed by atoms with van der Waals surface area (Å²) in [5, 5.41) is 20.2. The van der Waals surface area contributed by atoms with Crippen molar-refractivity contribution in [1.29, 1.82) is 0 Å². The van der Waals surface area contributed by atoms with Crippen molar-refractivity contribution in [2.24, 2.45) is 5.92 Å².